The number of nitrogens with zero attached hydrogens (tertiary/aromatic N) is 1. The van der Waals surface area contributed by atoms with Crippen LogP contribution in [0.15, 0.2) is 80.3 Å². The van der Waals surface area contributed by atoms with Crippen LogP contribution in [0.5, 0.6) is 0 Å². The third-order valence-corrected chi connectivity index (χ3v) is 5.02. The van der Waals surface area contributed by atoms with Crippen LogP contribution < -0.4 is 0 Å². The van der Waals surface area contributed by atoms with E-state index >= 15 is 0 Å². The molecule has 1 N–H and O–H groups in total. The molecule has 0 saturated heterocycles. The summed E-state index contributed by atoms with van der Waals surface area (Å²) in [6.07, 6.45) is 1.82. The summed E-state index contributed by atoms with van der Waals surface area (Å²) in [5.41, 5.74) is 1.70. The standard InChI is InChI=1S/C20H16BrNO3S/c1-2-25-20(24)17-18(23)16(12-13-7-6-8-14(21)11-13)26-19(17)22-15-9-4-3-5-10-15/h3-12,23H,2H2,1H3/b16-12-,22-19?. The van der Waals surface area contributed by atoms with Crippen molar-refractivity contribution in [3.8, 4) is 0 Å². The maximum absolute atomic E-state index is 12.3. The molecule has 6 heteroatoms. The first kappa shape index (κ1) is 18.5. The smallest absolute Gasteiger partial charge is 0.344 e. The molecular weight excluding hydrogens is 414 g/mol. The largest absolute Gasteiger partial charge is 0.506 e. The molecule has 0 fully saturated rings. The van der Waals surface area contributed by atoms with Gasteiger partial charge in [0.1, 0.15) is 16.4 Å². The van der Waals surface area contributed by atoms with Gasteiger partial charge in [-0.25, -0.2) is 9.79 Å². The number of carbonyl (C=O) groups is 1. The summed E-state index contributed by atoms with van der Waals surface area (Å²) in [7, 11) is 0. The molecule has 26 heavy (non-hydrogen) atoms. The van der Waals surface area contributed by atoms with Crippen molar-refractivity contribution in [2.24, 2.45) is 4.99 Å². The number of aliphatic hydroxyl groups excluding tert-OH is 1. The molecule has 0 unspecified atom stereocenters. The normalized spacial score (nSPS) is 17.2. The summed E-state index contributed by atoms with van der Waals surface area (Å²) < 4.78 is 6.03. The maximum atomic E-state index is 12.3. The van der Waals surface area contributed by atoms with Gasteiger partial charge in [0.25, 0.3) is 0 Å². The van der Waals surface area contributed by atoms with E-state index < -0.39 is 5.97 Å². The summed E-state index contributed by atoms with van der Waals surface area (Å²) in [5, 5.41) is 11.0. The first-order valence-corrected chi connectivity index (χ1v) is 9.59. The Morgan fingerprint density at radius 2 is 2.00 bits per heavy atom. The molecule has 1 aliphatic rings. The summed E-state index contributed by atoms with van der Waals surface area (Å²) >= 11 is 4.68. The van der Waals surface area contributed by atoms with Gasteiger partial charge in [0.05, 0.1) is 17.2 Å². The van der Waals surface area contributed by atoms with Crippen molar-refractivity contribution in [2.45, 2.75) is 6.92 Å². The zero-order valence-corrected chi connectivity index (χ0v) is 16.4. The third-order valence-electron chi connectivity index (χ3n) is 3.50. The van der Waals surface area contributed by atoms with Crippen LogP contribution >= 0.6 is 27.7 Å². The molecule has 2 aromatic rings. The van der Waals surface area contributed by atoms with Crippen molar-refractivity contribution in [1.82, 2.24) is 0 Å². The fourth-order valence-corrected chi connectivity index (χ4v) is 3.81. The predicted octanol–water partition coefficient (Wildman–Crippen LogP) is 5.64. The van der Waals surface area contributed by atoms with Gasteiger partial charge in [-0.1, -0.05) is 58.0 Å². The molecule has 2 aromatic carbocycles. The monoisotopic (exact) mass is 429 g/mol. The molecular formula is C20H16BrNO3S. The molecule has 0 bridgehead atoms. The van der Waals surface area contributed by atoms with Crippen LogP contribution in [0.4, 0.5) is 5.69 Å². The molecule has 0 spiro atoms. The molecule has 0 saturated carbocycles. The number of hydrogen-bond donors (Lipinski definition) is 1. The van der Waals surface area contributed by atoms with Crippen molar-refractivity contribution in [3.05, 3.63) is 80.9 Å². The Kier molecular flexibility index (Phi) is 5.96. The minimum Gasteiger partial charge on any atom is -0.506 e. The number of hydrogen-bond acceptors (Lipinski definition) is 5. The lowest BCUT2D eigenvalue weighted by Gasteiger charge is -2.03. The van der Waals surface area contributed by atoms with Gasteiger partial charge < -0.3 is 9.84 Å². The fourth-order valence-electron chi connectivity index (χ4n) is 2.36. The van der Waals surface area contributed by atoms with E-state index in [0.717, 1.165) is 10.0 Å². The number of thioether (sulfide) groups is 1. The van der Waals surface area contributed by atoms with Crippen LogP contribution in [0.25, 0.3) is 6.08 Å². The van der Waals surface area contributed by atoms with E-state index in [-0.39, 0.29) is 17.9 Å². The van der Waals surface area contributed by atoms with E-state index in [9.17, 15) is 9.90 Å². The minimum atomic E-state index is -0.579. The number of para-hydroxylation sites is 1. The highest BCUT2D eigenvalue weighted by Gasteiger charge is 2.33. The summed E-state index contributed by atoms with van der Waals surface area (Å²) in [5.74, 6) is -0.687. The van der Waals surface area contributed by atoms with Gasteiger partial charge in [-0.05, 0) is 42.8 Å². The van der Waals surface area contributed by atoms with Crippen LogP contribution in [-0.2, 0) is 9.53 Å². The molecule has 0 radical (unpaired) electrons. The van der Waals surface area contributed by atoms with Gasteiger partial charge in [-0.2, -0.15) is 0 Å². The van der Waals surface area contributed by atoms with Crippen molar-refractivity contribution in [3.63, 3.8) is 0 Å². The summed E-state index contributed by atoms with van der Waals surface area (Å²) in [6, 6.07) is 17.0. The number of carbonyl (C=O) groups excluding carboxylic acids is 1. The first-order chi connectivity index (χ1) is 12.6. The van der Waals surface area contributed by atoms with Crippen molar-refractivity contribution in [2.75, 3.05) is 6.61 Å². The second kappa shape index (κ2) is 8.38. The average Bonchev–Trinajstić information content (AvgIpc) is 2.91. The lowest BCUT2D eigenvalue weighted by Crippen LogP contribution is -2.12. The fraction of sp³-hybridized carbons (Fsp3) is 0.100. The molecule has 3 rings (SSSR count). The highest BCUT2D eigenvalue weighted by atomic mass is 79.9. The van der Waals surface area contributed by atoms with Crippen LogP contribution in [0.3, 0.4) is 0 Å². The third kappa shape index (κ3) is 4.26. The molecule has 0 amide bonds. The highest BCUT2D eigenvalue weighted by molar-refractivity contribution is 9.10. The Bertz CT molecular complexity index is 920. The second-order valence-corrected chi connectivity index (χ2v) is 7.31. The van der Waals surface area contributed by atoms with Gasteiger partial charge in [0.15, 0.2) is 0 Å². The Labute approximate surface area is 164 Å². The summed E-state index contributed by atoms with van der Waals surface area (Å²) in [6.45, 7) is 1.95. The van der Waals surface area contributed by atoms with E-state index in [1.54, 1.807) is 6.92 Å². The van der Waals surface area contributed by atoms with Crippen molar-refractivity contribution in [1.29, 1.82) is 0 Å². The van der Waals surface area contributed by atoms with Gasteiger partial charge >= 0.3 is 5.97 Å². The first-order valence-electron chi connectivity index (χ1n) is 7.98. The van der Waals surface area contributed by atoms with E-state index in [1.165, 1.54) is 11.8 Å². The van der Waals surface area contributed by atoms with Gasteiger partial charge in [-0.15, -0.1) is 0 Å². The van der Waals surface area contributed by atoms with Crippen LogP contribution in [-0.4, -0.2) is 22.7 Å². The molecule has 1 heterocycles. The number of ether oxygens (including phenoxy) is 1. The van der Waals surface area contributed by atoms with E-state index in [4.69, 9.17) is 4.74 Å². The number of esters is 1. The topological polar surface area (TPSA) is 58.9 Å². The number of benzene rings is 2. The van der Waals surface area contributed by atoms with Crippen LogP contribution in [0.2, 0.25) is 0 Å². The van der Waals surface area contributed by atoms with Crippen molar-refractivity contribution >= 4 is 50.5 Å². The Balaban J connectivity index is 2.04. The number of rotatable bonds is 4. The lowest BCUT2D eigenvalue weighted by atomic mass is 10.1. The minimum absolute atomic E-state index is 0.0990. The molecule has 4 nitrogen and oxygen atoms in total. The molecule has 0 aromatic heterocycles. The van der Waals surface area contributed by atoms with Crippen molar-refractivity contribution < 1.29 is 14.6 Å². The predicted molar refractivity (Wildman–Crippen MR) is 110 cm³/mol. The second-order valence-electron chi connectivity index (χ2n) is 5.36. The molecule has 1 aliphatic heterocycles. The average molecular weight is 430 g/mol. The SMILES string of the molecule is CCOC(=O)C1=C(O)/C(=C/c2cccc(Br)c2)SC1=Nc1ccccc1. The Hall–Kier alpha value is -2.31. The molecule has 0 aliphatic carbocycles. The van der Waals surface area contributed by atoms with Gasteiger partial charge in [0.2, 0.25) is 0 Å². The molecule has 0 atom stereocenters. The maximum Gasteiger partial charge on any atom is 0.344 e. The van der Waals surface area contributed by atoms with Gasteiger partial charge in [0, 0.05) is 4.47 Å². The Morgan fingerprint density at radius 3 is 2.69 bits per heavy atom. The van der Waals surface area contributed by atoms with Crippen LogP contribution in [0.1, 0.15) is 12.5 Å². The highest BCUT2D eigenvalue weighted by Crippen LogP contribution is 2.40. The number of aliphatic hydroxyl groups is 1. The zero-order chi connectivity index (χ0) is 18.5. The van der Waals surface area contributed by atoms with E-state index in [0.29, 0.717) is 15.6 Å². The van der Waals surface area contributed by atoms with E-state index in [2.05, 4.69) is 20.9 Å². The summed E-state index contributed by atoms with van der Waals surface area (Å²) in [4.78, 5) is 17.4. The zero-order valence-electron chi connectivity index (χ0n) is 14.0. The van der Waals surface area contributed by atoms with Crippen LogP contribution in [0, 0.1) is 0 Å². The Morgan fingerprint density at radius 1 is 1.23 bits per heavy atom. The van der Waals surface area contributed by atoms with Gasteiger partial charge in [-0.3, -0.25) is 0 Å². The van der Waals surface area contributed by atoms with E-state index in [1.807, 2.05) is 60.7 Å². The number of halogens is 1. The quantitative estimate of drug-likeness (QED) is 0.638. The number of aliphatic imine (C=N–C) groups is 1. The lowest BCUT2D eigenvalue weighted by molar-refractivity contribution is -0.138. The molecule has 132 valence electrons.